The molecule has 0 bridgehead atoms. The lowest BCUT2D eigenvalue weighted by atomic mass is 10.0. The van der Waals surface area contributed by atoms with Crippen molar-refractivity contribution in [1.29, 1.82) is 0 Å². The number of anilines is 1. The fraction of sp³-hybridized carbons (Fsp3) is 0.136. The summed E-state index contributed by atoms with van der Waals surface area (Å²) in [5.41, 5.74) is 6.47. The van der Waals surface area contributed by atoms with E-state index in [9.17, 15) is 4.79 Å². The van der Waals surface area contributed by atoms with Gasteiger partial charge in [0.2, 0.25) is 0 Å². The number of pyridine rings is 1. The lowest BCUT2D eigenvalue weighted by Gasteiger charge is -2.12. The summed E-state index contributed by atoms with van der Waals surface area (Å²) in [7, 11) is 1.75. The van der Waals surface area contributed by atoms with Crippen LogP contribution in [0.25, 0.3) is 22.2 Å². The highest BCUT2D eigenvalue weighted by Gasteiger charge is 2.13. The van der Waals surface area contributed by atoms with Crippen LogP contribution >= 0.6 is 0 Å². The highest BCUT2D eigenvalue weighted by Crippen LogP contribution is 2.28. The Morgan fingerprint density at radius 2 is 1.81 bits per heavy atom. The molecule has 0 aliphatic heterocycles. The Labute approximate surface area is 157 Å². The van der Waals surface area contributed by atoms with Gasteiger partial charge in [-0.15, -0.1) is 0 Å². The number of aromatic nitrogens is 3. The van der Waals surface area contributed by atoms with Gasteiger partial charge in [-0.05, 0) is 49.2 Å². The molecule has 0 radical (unpaired) electrons. The van der Waals surface area contributed by atoms with Gasteiger partial charge in [0.15, 0.2) is 0 Å². The first-order valence-corrected chi connectivity index (χ1v) is 8.80. The number of rotatable bonds is 3. The van der Waals surface area contributed by atoms with Crippen molar-refractivity contribution in [1.82, 2.24) is 14.8 Å². The van der Waals surface area contributed by atoms with Gasteiger partial charge in [-0.25, -0.2) is 4.98 Å². The van der Waals surface area contributed by atoms with Gasteiger partial charge in [0.1, 0.15) is 5.69 Å². The smallest absolute Gasteiger partial charge is 0.273 e. The molecule has 134 valence electrons. The summed E-state index contributed by atoms with van der Waals surface area (Å²) >= 11 is 0. The zero-order chi connectivity index (χ0) is 19.0. The average molecular weight is 356 g/mol. The standard InChI is InChI=1S/C22H20N4O/c1-14-6-4-5-7-16(14)19-9-8-17-15(2)18(10-11-20(17)24-19)25-22(27)21-12-13-23-26(21)3/h4-13H,1-3H3,(H,25,27). The van der Waals surface area contributed by atoms with E-state index in [-0.39, 0.29) is 5.91 Å². The molecule has 0 aliphatic carbocycles. The van der Waals surface area contributed by atoms with E-state index in [1.807, 2.05) is 37.3 Å². The summed E-state index contributed by atoms with van der Waals surface area (Å²) in [5.74, 6) is -0.179. The second kappa shape index (κ2) is 6.68. The van der Waals surface area contributed by atoms with E-state index in [1.165, 1.54) is 5.56 Å². The Morgan fingerprint density at radius 3 is 2.56 bits per heavy atom. The van der Waals surface area contributed by atoms with Gasteiger partial charge < -0.3 is 5.32 Å². The van der Waals surface area contributed by atoms with Crippen LogP contribution in [0.5, 0.6) is 0 Å². The minimum atomic E-state index is -0.179. The molecule has 0 unspecified atom stereocenters. The van der Waals surface area contributed by atoms with E-state index in [1.54, 1.807) is 24.0 Å². The van der Waals surface area contributed by atoms with Crippen LogP contribution in [0.3, 0.4) is 0 Å². The SMILES string of the molecule is Cc1ccccc1-c1ccc2c(C)c(NC(=O)c3ccnn3C)ccc2n1. The first-order valence-electron chi connectivity index (χ1n) is 8.80. The topological polar surface area (TPSA) is 59.8 Å². The van der Waals surface area contributed by atoms with Crippen LogP contribution in [0.2, 0.25) is 0 Å². The van der Waals surface area contributed by atoms with Crippen LogP contribution in [0, 0.1) is 13.8 Å². The first kappa shape index (κ1) is 17.0. The van der Waals surface area contributed by atoms with Crippen molar-refractivity contribution in [2.24, 2.45) is 7.05 Å². The summed E-state index contributed by atoms with van der Waals surface area (Å²) < 4.78 is 1.56. The number of amides is 1. The molecular weight excluding hydrogens is 336 g/mol. The van der Waals surface area contributed by atoms with Crippen LogP contribution in [0.4, 0.5) is 5.69 Å². The molecule has 2 aromatic carbocycles. The zero-order valence-electron chi connectivity index (χ0n) is 15.5. The maximum atomic E-state index is 12.5. The van der Waals surface area contributed by atoms with Gasteiger partial charge in [-0.1, -0.05) is 30.3 Å². The maximum absolute atomic E-state index is 12.5. The van der Waals surface area contributed by atoms with E-state index in [0.717, 1.165) is 33.4 Å². The lowest BCUT2D eigenvalue weighted by molar-refractivity contribution is 0.101. The minimum absolute atomic E-state index is 0.179. The normalized spacial score (nSPS) is 10.9. The van der Waals surface area contributed by atoms with E-state index < -0.39 is 0 Å². The van der Waals surface area contributed by atoms with E-state index >= 15 is 0 Å². The summed E-state index contributed by atoms with van der Waals surface area (Å²) in [4.78, 5) is 17.3. The monoisotopic (exact) mass is 356 g/mol. The first-order chi connectivity index (χ1) is 13.0. The fourth-order valence-corrected chi connectivity index (χ4v) is 3.28. The van der Waals surface area contributed by atoms with Crippen molar-refractivity contribution in [3.05, 3.63) is 77.6 Å². The molecule has 5 heteroatoms. The number of nitrogens with one attached hydrogen (secondary N) is 1. The molecule has 5 nitrogen and oxygen atoms in total. The molecule has 4 rings (SSSR count). The summed E-state index contributed by atoms with van der Waals surface area (Å²) in [6.07, 6.45) is 1.61. The van der Waals surface area contributed by atoms with Crippen LogP contribution in [0.15, 0.2) is 60.8 Å². The molecule has 4 aromatic rings. The van der Waals surface area contributed by atoms with Gasteiger partial charge in [-0.2, -0.15) is 5.10 Å². The van der Waals surface area contributed by atoms with Gasteiger partial charge in [0.05, 0.1) is 11.2 Å². The summed E-state index contributed by atoms with van der Waals surface area (Å²) in [6.45, 7) is 4.08. The number of carbonyl (C=O) groups is 1. The molecule has 2 heterocycles. The summed E-state index contributed by atoms with van der Waals surface area (Å²) in [6, 6.07) is 17.9. The minimum Gasteiger partial charge on any atom is -0.320 e. The van der Waals surface area contributed by atoms with Crippen molar-refractivity contribution in [2.45, 2.75) is 13.8 Å². The number of nitrogens with zero attached hydrogens (tertiary/aromatic N) is 3. The third-order valence-corrected chi connectivity index (χ3v) is 4.86. The van der Waals surface area contributed by atoms with Gasteiger partial charge in [-0.3, -0.25) is 9.48 Å². The van der Waals surface area contributed by atoms with Crippen molar-refractivity contribution in [3.8, 4) is 11.3 Å². The Balaban J connectivity index is 1.71. The van der Waals surface area contributed by atoms with Crippen LogP contribution in [0.1, 0.15) is 21.6 Å². The van der Waals surface area contributed by atoms with Crippen molar-refractivity contribution in [3.63, 3.8) is 0 Å². The zero-order valence-corrected chi connectivity index (χ0v) is 15.5. The Kier molecular flexibility index (Phi) is 4.20. The van der Waals surface area contributed by atoms with Crippen LogP contribution in [-0.4, -0.2) is 20.7 Å². The van der Waals surface area contributed by atoms with Crippen LogP contribution in [-0.2, 0) is 7.05 Å². The quantitative estimate of drug-likeness (QED) is 0.588. The van der Waals surface area contributed by atoms with Crippen molar-refractivity contribution < 1.29 is 4.79 Å². The Bertz CT molecular complexity index is 1160. The predicted molar refractivity (Wildman–Crippen MR) is 108 cm³/mol. The molecule has 1 amide bonds. The van der Waals surface area contributed by atoms with E-state index in [2.05, 4.69) is 35.5 Å². The van der Waals surface area contributed by atoms with Crippen molar-refractivity contribution >= 4 is 22.5 Å². The second-order valence-corrected chi connectivity index (χ2v) is 6.61. The molecule has 27 heavy (non-hydrogen) atoms. The van der Waals surface area contributed by atoms with Crippen molar-refractivity contribution in [2.75, 3.05) is 5.32 Å². The third-order valence-electron chi connectivity index (χ3n) is 4.86. The van der Waals surface area contributed by atoms with Gasteiger partial charge in [0, 0.05) is 29.9 Å². The number of benzene rings is 2. The fourth-order valence-electron chi connectivity index (χ4n) is 3.28. The number of hydrogen-bond acceptors (Lipinski definition) is 3. The largest absolute Gasteiger partial charge is 0.320 e. The van der Waals surface area contributed by atoms with Crippen LogP contribution < -0.4 is 5.32 Å². The molecule has 1 N–H and O–H groups in total. The maximum Gasteiger partial charge on any atom is 0.273 e. The molecule has 2 aromatic heterocycles. The second-order valence-electron chi connectivity index (χ2n) is 6.61. The highest BCUT2D eigenvalue weighted by atomic mass is 16.2. The highest BCUT2D eigenvalue weighted by molar-refractivity contribution is 6.05. The predicted octanol–water partition coefficient (Wildman–Crippen LogP) is 4.50. The summed E-state index contributed by atoms with van der Waals surface area (Å²) in [5, 5.41) is 8.04. The molecule has 0 saturated heterocycles. The van der Waals surface area contributed by atoms with E-state index in [4.69, 9.17) is 4.98 Å². The molecule has 0 spiro atoms. The number of hydrogen-bond donors (Lipinski definition) is 1. The number of fused-ring (bicyclic) bond motifs is 1. The number of carbonyl (C=O) groups excluding carboxylic acids is 1. The molecule has 0 fully saturated rings. The molecule has 0 atom stereocenters. The molecule has 0 saturated carbocycles. The third kappa shape index (κ3) is 3.08. The average Bonchev–Trinajstić information content (AvgIpc) is 3.10. The van der Waals surface area contributed by atoms with Gasteiger partial charge >= 0.3 is 0 Å². The van der Waals surface area contributed by atoms with Gasteiger partial charge in [0.25, 0.3) is 5.91 Å². The Hall–Kier alpha value is -3.47. The number of aryl methyl sites for hydroxylation is 3. The molecular formula is C22H20N4O. The lowest BCUT2D eigenvalue weighted by Crippen LogP contribution is -2.16. The van der Waals surface area contributed by atoms with E-state index in [0.29, 0.717) is 5.69 Å². The molecule has 0 aliphatic rings. The Morgan fingerprint density at radius 1 is 1.00 bits per heavy atom.